The quantitative estimate of drug-likeness (QED) is 0.492. The molecule has 6 nitrogen and oxygen atoms in total. The van der Waals surface area contributed by atoms with Crippen molar-refractivity contribution >= 4 is 5.96 Å². The van der Waals surface area contributed by atoms with Crippen LogP contribution >= 0.6 is 0 Å². The van der Waals surface area contributed by atoms with Crippen LogP contribution in [0.5, 0.6) is 5.75 Å². The second kappa shape index (κ2) is 9.49. The van der Waals surface area contributed by atoms with Crippen LogP contribution in [-0.2, 0) is 11.2 Å². The molecule has 1 fully saturated rings. The van der Waals surface area contributed by atoms with Gasteiger partial charge in [0.25, 0.3) is 0 Å². The number of ether oxygens (including phenoxy) is 2. The van der Waals surface area contributed by atoms with E-state index in [-0.39, 0.29) is 12.0 Å². The molecule has 1 aliphatic heterocycles. The molecule has 24 heavy (non-hydrogen) atoms. The van der Waals surface area contributed by atoms with E-state index >= 15 is 0 Å². The van der Waals surface area contributed by atoms with Gasteiger partial charge in [-0.15, -0.1) is 0 Å². The molecule has 1 atom stereocenters. The van der Waals surface area contributed by atoms with Gasteiger partial charge in [0.1, 0.15) is 5.75 Å². The number of hydrogen-bond donors (Lipinski definition) is 3. The smallest absolute Gasteiger partial charge is 0.191 e. The van der Waals surface area contributed by atoms with Crippen LogP contribution in [0.1, 0.15) is 18.4 Å². The maximum atomic E-state index is 9.29. The highest BCUT2D eigenvalue weighted by Crippen LogP contribution is 2.31. The lowest BCUT2D eigenvalue weighted by Crippen LogP contribution is -2.45. The van der Waals surface area contributed by atoms with E-state index in [9.17, 15) is 5.11 Å². The van der Waals surface area contributed by atoms with E-state index in [1.807, 2.05) is 18.2 Å². The molecule has 0 aromatic heterocycles. The normalized spacial score (nSPS) is 20.9. The van der Waals surface area contributed by atoms with E-state index in [1.165, 1.54) is 5.56 Å². The van der Waals surface area contributed by atoms with Gasteiger partial charge in [-0.25, -0.2) is 0 Å². The SMILES string of the molecule is CN=C(NCCc1cccc(OC)c1)NCC1(CCO)CCOC1. The van der Waals surface area contributed by atoms with E-state index in [1.54, 1.807) is 14.2 Å². The van der Waals surface area contributed by atoms with Crippen molar-refractivity contribution in [2.45, 2.75) is 19.3 Å². The number of hydrogen-bond acceptors (Lipinski definition) is 4. The van der Waals surface area contributed by atoms with Crippen molar-refractivity contribution < 1.29 is 14.6 Å². The number of rotatable bonds is 8. The number of methoxy groups -OCH3 is 1. The van der Waals surface area contributed by atoms with Crippen molar-refractivity contribution in [3.63, 3.8) is 0 Å². The molecule has 0 saturated carbocycles. The number of nitrogens with one attached hydrogen (secondary N) is 2. The summed E-state index contributed by atoms with van der Waals surface area (Å²) in [6, 6.07) is 8.08. The summed E-state index contributed by atoms with van der Waals surface area (Å²) in [5, 5.41) is 16.0. The van der Waals surface area contributed by atoms with Crippen LogP contribution in [0.3, 0.4) is 0 Å². The fraction of sp³-hybridized carbons (Fsp3) is 0.611. The minimum absolute atomic E-state index is 0.0131. The largest absolute Gasteiger partial charge is 0.497 e. The lowest BCUT2D eigenvalue weighted by Gasteiger charge is -2.27. The van der Waals surface area contributed by atoms with E-state index in [0.29, 0.717) is 6.61 Å². The average Bonchev–Trinajstić information content (AvgIpc) is 3.07. The fourth-order valence-electron chi connectivity index (χ4n) is 2.96. The molecule has 6 heteroatoms. The molecule has 1 aliphatic rings. The topological polar surface area (TPSA) is 75.1 Å². The predicted molar refractivity (Wildman–Crippen MR) is 95.6 cm³/mol. The van der Waals surface area contributed by atoms with Gasteiger partial charge in [-0.2, -0.15) is 0 Å². The number of nitrogens with zero attached hydrogens (tertiary/aromatic N) is 1. The van der Waals surface area contributed by atoms with Crippen LogP contribution in [0, 0.1) is 5.41 Å². The van der Waals surface area contributed by atoms with Gasteiger partial charge >= 0.3 is 0 Å². The zero-order valence-corrected chi connectivity index (χ0v) is 14.7. The van der Waals surface area contributed by atoms with Crippen LogP contribution in [0.25, 0.3) is 0 Å². The Kier molecular flexibility index (Phi) is 7.34. The molecule has 134 valence electrons. The summed E-state index contributed by atoms with van der Waals surface area (Å²) in [6.07, 6.45) is 2.62. The fourth-order valence-corrected chi connectivity index (χ4v) is 2.96. The summed E-state index contributed by atoms with van der Waals surface area (Å²) in [6.45, 7) is 3.19. The molecular formula is C18H29N3O3. The molecule has 0 spiro atoms. The first-order valence-electron chi connectivity index (χ1n) is 8.47. The van der Waals surface area contributed by atoms with Crippen molar-refractivity contribution in [1.29, 1.82) is 0 Å². The Labute approximate surface area is 144 Å². The standard InChI is InChI=1S/C18H29N3O3/c1-19-17(21-13-18(7-10-22)8-11-24-14-18)20-9-6-15-4-3-5-16(12-15)23-2/h3-5,12,22H,6-11,13-14H2,1-2H3,(H2,19,20,21). The first kappa shape index (κ1) is 18.5. The second-order valence-corrected chi connectivity index (χ2v) is 6.23. The van der Waals surface area contributed by atoms with Crippen LogP contribution in [0.15, 0.2) is 29.3 Å². The molecule has 0 radical (unpaired) electrons. The molecule has 0 amide bonds. The number of aliphatic imine (C=N–C) groups is 1. The summed E-state index contributed by atoms with van der Waals surface area (Å²) in [5.74, 6) is 1.66. The van der Waals surface area contributed by atoms with Gasteiger partial charge in [0.15, 0.2) is 5.96 Å². The highest BCUT2D eigenvalue weighted by molar-refractivity contribution is 5.79. The van der Waals surface area contributed by atoms with Crippen LogP contribution < -0.4 is 15.4 Å². The molecule has 1 heterocycles. The van der Waals surface area contributed by atoms with E-state index < -0.39 is 0 Å². The molecule has 1 aromatic carbocycles. The molecule has 1 saturated heterocycles. The first-order valence-corrected chi connectivity index (χ1v) is 8.47. The molecule has 3 N–H and O–H groups in total. The molecule has 1 unspecified atom stereocenters. The Bertz CT molecular complexity index is 528. The van der Waals surface area contributed by atoms with Crippen LogP contribution in [0.4, 0.5) is 0 Å². The molecule has 0 bridgehead atoms. The van der Waals surface area contributed by atoms with Gasteiger partial charge in [0.05, 0.1) is 13.7 Å². The van der Waals surface area contributed by atoms with Gasteiger partial charge in [-0.05, 0) is 37.0 Å². The monoisotopic (exact) mass is 335 g/mol. The van der Waals surface area contributed by atoms with E-state index in [4.69, 9.17) is 9.47 Å². The number of guanidine groups is 1. The van der Waals surface area contributed by atoms with Crippen LogP contribution in [-0.4, -0.2) is 58.1 Å². The van der Waals surface area contributed by atoms with Gasteiger partial charge in [-0.1, -0.05) is 12.1 Å². The Balaban J connectivity index is 1.77. The third-order valence-corrected chi connectivity index (χ3v) is 4.52. The number of benzene rings is 1. The van der Waals surface area contributed by atoms with Crippen LogP contribution in [0.2, 0.25) is 0 Å². The lowest BCUT2D eigenvalue weighted by atomic mass is 9.84. The summed E-state index contributed by atoms with van der Waals surface area (Å²) < 4.78 is 10.8. The third-order valence-electron chi connectivity index (χ3n) is 4.52. The van der Waals surface area contributed by atoms with Gasteiger partial charge in [0.2, 0.25) is 0 Å². The van der Waals surface area contributed by atoms with Crippen molar-refractivity contribution in [3.8, 4) is 5.75 Å². The van der Waals surface area contributed by atoms with Crippen molar-refractivity contribution in [2.24, 2.45) is 10.4 Å². The first-order chi connectivity index (χ1) is 11.7. The van der Waals surface area contributed by atoms with Gasteiger partial charge < -0.3 is 25.2 Å². The minimum Gasteiger partial charge on any atom is -0.497 e. The van der Waals surface area contributed by atoms with Gasteiger partial charge in [-0.3, -0.25) is 4.99 Å². The van der Waals surface area contributed by atoms with E-state index in [0.717, 1.165) is 50.7 Å². The molecule has 0 aliphatic carbocycles. The molecule has 2 rings (SSSR count). The maximum Gasteiger partial charge on any atom is 0.191 e. The second-order valence-electron chi connectivity index (χ2n) is 6.23. The highest BCUT2D eigenvalue weighted by Gasteiger charge is 2.34. The van der Waals surface area contributed by atoms with Crippen molar-refractivity contribution in [1.82, 2.24) is 10.6 Å². The lowest BCUT2D eigenvalue weighted by molar-refractivity contribution is 0.127. The maximum absolute atomic E-state index is 9.29. The molecular weight excluding hydrogens is 306 g/mol. The molecule has 1 aromatic rings. The van der Waals surface area contributed by atoms with E-state index in [2.05, 4.69) is 21.7 Å². The van der Waals surface area contributed by atoms with Crippen molar-refractivity contribution in [3.05, 3.63) is 29.8 Å². The summed E-state index contributed by atoms with van der Waals surface area (Å²) in [4.78, 5) is 4.27. The zero-order chi connectivity index (χ0) is 17.3. The Morgan fingerprint density at radius 2 is 2.29 bits per heavy atom. The zero-order valence-electron chi connectivity index (χ0n) is 14.7. The van der Waals surface area contributed by atoms with Gasteiger partial charge in [0, 0.05) is 38.8 Å². The minimum atomic E-state index is 0.0131. The Morgan fingerprint density at radius 1 is 1.42 bits per heavy atom. The summed E-state index contributed by atoms with van der Waals surface area (Å²) in [7, 11) is 3.45. The Hall–Kier alpha value is -1.79. The highest BCUT2D eigenvalue weighted by atomic mass is 16.5. The summed E-state index contributed by atoms with van der Waals surface area (Å²) >= 11 is 0. The van der Waals surface area contributed by atoms with Crippen molar-refractivity contribution in [2.75, 3.05) is 47.1 Å². The number of aliphatic hydroxyl groups is 1. The Morgan fingerprint density at radius 3 is 2.96 bits per heavy atom. The number of aliphatic hydroxyl groups excluding tert-OH is 1. The third kappa shape index (κ3) is 5.39. The predicted octanol–water partition coefficient (Wildman–Crippen LogP) is 1.19. The average molecular weight is 335 g/mol. The summed E-state index contributed by atoms with van der Waals surface area (Å²) in [5.41, 5.74) is 1.23.